The van der Waals surface area contributed by atoms with E-state index in [2.05, 4.69) is 63.3 Å². The van der Waals surface area contributed by atoms with Crippen LogP contribution in [0.1, 0.15) is 0 Å². The molecule has 0 aliphatic carbocycles. The van der Waals surface area contributed by atoms with Crippen molar-refractivity contribution in [2.24, 2.45) is 0 Å². The molecule has 3 nitrogen and oxygen atoms in total. The highest BCUT2D eigenvalue weighted by Crippen LogP contribution is 2.11. The molecular formula is C11H23B2N3+2. The van der Waals surface area contributed by atoms with E-state index in [1.165, 1.54) is 17.3 Å². The van der Waals surface area contributed by atoms with Gasteiger partial charge < -0.3 is 8.79 Å². The summed E-state index contributed by atoms with van der Waals surface area (Å²) in [5, 5.41) is 0. The average molecular weight is 219 g/mol. The van der Waals surface area contributed by atoms with Gasteiger partial charge in [0.15, 0.2) is 6.44 Å². The van der Waals surface area contributed by atoms with Crippen molar-refractivity contribution in [3.05, 3.63) is 30.6 Å². The molecule has 0 radical (unpaired) electrons. The lowest BCUT2D eigenvalue weighted by atomic mass is 9.60. The van der Waals surface area contributed by atoms with Crippen LogP contribution >= 0.6 is 0 Å². The number of aromatic nitrogens is 1. The summed E-state index contributed by atoms with van der Waals surface area (Å²) in [7, 11) is 9.62. The normalized spacial score (nSPS) is 23.1. The molecule has 1 aromatic rings. The van der Waals surface area contributed by atoms with Gasteiger partial charge in [-0.1, -0.05) is 6.07 Å². The van der Waals surface area contributed by atoms with E-state index in [9.17, 15) is 0 Å². The topological polar surface area (TPSA) is 3.88 Å². The van der Waals surface area contributed by atoms with E-state index in [1.54, 1.807) is 0 Å². The van der Waals surface area contributed by atoms with Gasteiger partial charge in [-0.15, -0.1) is 0 Å². The van der Waals surface area contributed by atoms with Crippen LogP contribution in [0.25, 0.3) is 0 Å². The van der Waals surface area contributed by atoms with Crippen LogP contribution in [0, 0.1) is 0 Å². The monoisotopic (exact) mass is 219 g/mol. The summed E-state index contributed by atoms with van der Waals surface area (Å²) < 4.78 is 4.76. The Morgan fingerprint density at radius 3 is 2.31 bits per heavy atom. The van der Waals surface area contributed by atoms with E-state index < -0.39 is 0 Å². The minimum absolute atomic E-state index is 0.119. The molecule has 0 unspecified atom stereocenters. The molecule has 0 saturated carbocycles. The smallest absolute Gasteiger partial charge is 0.516 e. The van der Waals surface area contributed by atoms with Crippen molar-refractivity contribution < 1.29 is 13.3 Å². The SMILES string of the molecule is C[N+]1(C)[BH2-]C[N+](C)(C)B([n+]2ccccc2)C1. The molecule has 0 N–H and O–H groups in total. The van der Waals surface area contributed by atoms with E-state index in [-0.39, 0.29) is 7.41 Å². The standard InChI is InChI=1S/C11H23B2N3/c1-15(2)11-13(16(3,4)10-12-15)14-8-6-5-7-9-14/h5-9H,10-12H2,1-4H3/q+2. The van der Waals surface area contributed by atoms with E-state index >= 15 is 0 Å². The number of hydrogen-bond donors (Lipinski definition) is 0. The third-order valence-corrected chi connectivity index (χ3v) is 4.41. The van der Waals surface area contributed by atoms with E-state index in [1.807, 2.05) is 0 Å². The van der Waals surface area contributed by atoms with Gasteiger partial charge in [0.25, 0.3) is 0 Å². The maximum Gasteiger partial charge on any atom is 0.806 e. The van der Waals surface area contributed by atoms with Gasteiger partial charge in [0, 0.05) is 14.1 Å². The minimum atomic E-state index is 0.119. The van der Waals surface area contributed by atoms with Crippen molar-refractivity contribution >= 4 is 14.4 Å². The van der Waals surface area contributed by atoms with Gasteiger partial charge in [-0.3, -0.25) is 0 Å². The van der Waals surface area contributed by atoms with Crippen LogP contribution in [-0.2, 0) is 0 Å². The van der Waals surface area contributed by atoms with E-state index in [4.69, 9.17) is 0 Å². The molecule has 1 aliphatic heterocycles. The number of nitrogens with zero attached hydrogens (tertiary/aromatic N) is 3. The highest BCUT2D eigenvalue weighted by Gasteiger charge is 2.55. The second-order valence-corrected chi connectivity index (χ2v) is 6.69. The average Bonchev–Trinajstić information content (AvgIpc) is 2.24. The fourth-order valence-electron chi connectivity index (χ4n) is 2.86. The Labute approximate surface area is 99.9 Å². The van der Waals surface area contributed by atoms with Crippen LogP contribution < -0.4 is 4.48 Å². The van der Waals surface area contributed by atoms with Crippen LogP contribution in [0.15, 0.2) is 30.6 Å². The van der Waals surface area contributed by atoms with Crippen LogP contribution in [-0.4, -0.2) is 64.3 Å². The highest BCUT2D eigenvalue weighted by molar-refractivity contribution is 6.44. The zero-order chi connectivity index (χ0) is 11.8. The molecule has 1 aliphatic rings. The Bertz CT molecular complexity index is 365. The van der Waals surface area contributed by atoms with Crippen molar-refractivity contribution in [1.82, 2.24) is 0 Å². The van der Waals surface area contributed by atoms with Gasteiger partial charge in [-0.05, 0) is 18.6 Å². The van der Waals surface area contributed by atoms with Gasteiger partial charge in [0.2, 0.25) is 7.41 Å². The predicted octanol–water partition coefficient (Wildman–Crippen LogP) is -0.943. The van der Waals surface area contributed by atoms with E-state index in [0.29, 0.717) is 6.98 Å². The number of hydrogen-bond acceptors (Lipinski definition) is 0. The molecule has 2 rings (SSSR count). The number of rotatable bonds is 1. The zero-order valence-corrected chi connectivity index (χ0v) is 11.2. The Hall–Kier alpha value is -0.800. The Kier molecular flexibility index (Phi) is 2.84. The van der Waals surface area contributed by atoms with Crippen LogP contribution in [0.3, 0.4) is 0 Å². The summed E-state index contributed by atoms with van der Waals surface area (Å²) >= 11 is 0. The summed E-state index contributed by atoms with van der Waals surface area (Å²) in [6.45, 7) is 0.577. The second kappa shape index (κ2) is 3.90. The summed E-state index contributed by atoms with van der Waals surface area (Å²) in [4.78, 5) is 0. The summed E-state index contributed by atoms with van der Waals surface area (Å²) in [6.07, 6.45) is 7.02. The molecule has 5 heteroatoms. The Balaban J connectivity index is 2.30. The van der Waals surface area contributed by atoms with Gasteiger partial charge >= 0.3 is 6.98 Å². The summed E-state index contributed by atoms with van der Waals surface area (Å²) in [5.41, 5.74) is 0. The van der Waals surface area contributed by atoms with Crippen molar-refractivity contribution in [3.8, 4) is 0 Å². The summed E-state index contributed by atoms with van der Waals surface area (Å²) in [6, 6.07) is 6.35. The first kappa shape index (κ1) is 11.7. The van der Waals surface area contributed by atoms with Crippen molar-refractivity contribution in [3.63, 3.8) is 0 Å². The van der Waals surface area contributed by atoms with Gasteiger partial charge in [0.05, 0.1) is 14.1 Å². The van der Waals surface area contributed by atoms with E-state index in [0.717, 1.165) is 4.39 Å². The lowest BCUT2D eigenvalue weighted by Crippen LogP contribution is -2.80. The van der Waals surface area contributed by atoms with Crippen molar-refractivity contribution in [1.29, 1.82) is 0 Å². The molecule has 2 heterocycles. The van der Waals surface area contributed by atoms with Gasteiger partial charge in [0.1, 0.15) is 12.4 Å². The van der Waals surface area contributed by atoms with Crippen LogP contribution in [0.5, 0.6) is 0 Å². The van der Waals surface area contributed by atoms with Crippen molar-refractivity contribution in [2.45, 2.75) is 0 Å². The molecule has 1 fully saturated rings. The highest BCUT2D eigenvalue weighted by atomic mass is 15.4. The Morgan fingerprint density at radius 2 is 1.69 bits per heavy atom. The minimum Gasteiger partial charge on any atom is -0.516 e. The molecule has 0 atom stereocenters. The maximum absolute atomic E-state index is 2.38. The molecule has 0 spiro atoms. The summed E-state index contributed by atoms with van der Waals surface area (Å²) in [5.74, 6) is 0. The van der Waals surface area contributed by atoms with Crippen LogP contribution in [0.4, 0.5) is 0 Å². The third-order valence-electron chi connectivity index (χ3n) is 4.41. The fraction of sp³-hybridized carbons (Fsp3) is 0.545. The molecule has 1 aromatic heterocycles. The maximum atomic E-state index is 2.38. The van der Waals surface area contributed by atoms with Gasteiger partial charge in [-0.2, -0.15) is 0 Å². The zero-order valence-electron chi connectivity index (χ0n) is 11.2. The number of pyridine rings is 1. The second-order valence-electron chi connectivity index (χ2n) is 6.69. The number of quaternary nitrogens is 2. The third kappa shape index (κ3) is 2.30. The molecule has 86 valence electrons. The first-order valence-electron chi connectivity index (χ1n) is 6.35. The van der Waals surface area contributed by atoms with Crippen LogP contribution in [0.2, 0.25) is 0 Å². The van der Waals surface area contributed by atoms with Gasteiger partial charge in [-0.25, -0.2) is 4.48 Å². The molecule has 1 saturated heterocycles. The molecule has 0 aromatic carbocycles. The lowest BCUT2D eigenvalue weighted by Gasteiger charge is -2.47. The molecule has 0 amide bonds. The van der Waals surface area contributed by atoms with Crippen molar-refractivity contribution in [2.75, 3.05) is 41.1 Å². The molecule has 0 bridgehead atoms. The lowest BCUT2D eigenvalue weighted by molar-refractivity contribution is -0.877. The fourth-order valence-corrected chi connectivity index (χ4v) is 2.86. The largest absolute Gasteiger partial charge is 0.806 e. The molecule has 16 heavy (non-hydrogen) atoms. The quantitative estimate of drug-likeness (QED) is 0.536. The first-order chi connectivity index (χ1) is 7.41. The molecular weight excluding hydrogens is 196 g/mol. The Morgan fingerprint density at radius 1 is 1.06 bits per heavy atom. The first-order valence-corrected chi connectivity index (χ1v) is 6.35. The predicted molar refractivity (Wildman–Crippen MR) is 70.3 cm³/mol.